The Kier molecular flexibility index (Phi) is 7.06. The lowest BCUT2D eigenvalue weighted by Crippen LogP contribution is -2.29. The van der Waals surface area contributed by atoms with Crippen LogP contribution in [0.5, 0.6) is 0 Å². The van der Waals surface area contributed by atoms with E-state index in [0.29, 0.717) is 18.6 Å². The van der Waals surface area contributed by atoms with Crippen LogP contribution in [0.2, 0.25) is 0 Å². The summed E-state index contributed by atoms with van der Waals surface area (Å²) in [6.45, 7) is 4.34. The van der Waals surface area contributed by atoms with Crippen molar-refractivity contribution in [1.29, 1.82) is 0 Å². The molecule has 1 amide bonds. The van der Waals surface area contributed by atoms with Crippen molar-refractivity contribution >= 4 is 17.3 Å². The molecule has 1 heterocycles. The fourth-order valence-electron chi connectivity index (χ4n) is 3.62. The molecule has 3 rings (SSSR count). The van der Waals surface area contributed by atoms with E-state index in [1.54, 1.807) is 7.11 Å². The first-order chi connectivity index (χ1) is 13.6. The maximum atomic E-state index is 12.7. The molecule has 0 aromatic heterocycles. The summed E-state index contributed by atoms with van der Waals surface area (Å²) < 4.78 is 5.26. The molecular weight excluding hydrogens is 352 g/mol. The summed E-state index contributed by atoms with van der Waals surface area (Å²) in [6, 6.07) is 13.4. The van der Waals surface area contributed by atoms with Gasteiger partial charge in [0, 0.05) is 42.7 Å². The first-order valence-corrected chi connectivity index (χ1v) is 10.0. The number of ether oxygens (including phenoxy) is 1. The zero-order valence-corrected chi connectivity index (χ0v) is 16.8. The lowest BCUT2D eigenvalue weighted by atomic mass is 9.99. The van der Waals surface area contributed by atoms with Crippen molar-refractivity contribution in [3.63, 3.8) is 0 Å². The van der Waals surface area contributed by atoms with Gasteiger partial charge in [-0.05, 0) is 50.1 Å². The maximum absolute atomic E-state index is 12.7. The second kappa shape index (κ2) is 9.71. The molecular formula is C23H30N2O3. The molecule has 5 heteroatoms. The van der Waals surface area contributed by atoms with E-state index in [0.717, 1.165) is 54.9 Å². The number of fused-ring (bicyclic) bond motifs is 1. The first-order valence-electron chi connectivity index (χ1n) is 10.0. The summed E-state index contributed by atoms with van der Waals surface area (Å²) in [5, 5.41) is 13.7. The summed E-state index contributed by atoms with van der Waals surface area (Å²) >= 11 is 0. The number of rotatable bonds is 5. The Hall–Kier alpha value is -2.37. The second-order valence-electron chi connectivity index (χ2n) is 7.44. The largest absolute Gasteiger partial charge is 0.388 e. The third-order valence-electron chi connectivity index (χ3n) is 5.27. The number of hydrogen-bond donors (Lipinski definition) is 2. The number of nitrogens with one attached hydrogen (secondary N) is 1. The van der Waals surface area contributed by atoms with E-state index in [1.807, 2.05) is 49.4 Å². The van der Waals surface area contributed by atoms with Crippen molar-refractivity contribution in [3.05, 3.63) is 59.2 Å². The number of amides is 1. The van der Waals surface area contributed by atoms with Gasteiger partial charge in [-0.25, -0.2) is 0 Å². The summed E-state index contributed by atoms with van der Waals surface area (Å²) in [6.07, 6.45) is 3.32. The van der Waals surface area contributed by atoms with Crippen LogP contribution in [0.1, 0.15) is 53.3 Å². The third kappa shape index (κ3) is 5.12. The summed E-state index contributed by atoms with van der Waals surface area (Å²) in [4.78, 5) is 15.0. The molecule has 1 aliphatic heterocycles. The summed E-state index contributed by atoms with van der Waals surface area (Å²) in [7, 11) is 1.70. The molecule has 0 saturated carbocycles. The monoisotopic (exact) mass is 382 g/mol. The van der Waals surface area contributed by atoms with Crippen molar-refractivity contribution in [1.82, 2.24) is 0 Å². The standard InChI is InChI=1S/C23H30N2O3/c1-17-7-10-19(11-8-17)24-23(27)18-9-12-21-20(16-18)22(26)6-4-3-5-13-25(21)14-15-28-2/h7-12,16,22,26H,3-6,13-15H2,1-2H3,(H,24,27). The number of carbonyl (C=O) groups excluding carboxylic acids is 1. The van der Waals surface area contributed by atoms with E-state index >= 15 is 0 Å². The minimum Gasteiger partial charge on any atom is -0.388 e. The molecule has 0 radical (unpaired) electrons. The van der Waals surface area contributed by atoms with Gasteiger partial charge in [0.1, 0.15) is 0 Å². The van der Waals surface area contributed by atoms with Gasteiger partial charge in [-0.3, -0.25) is 4.79 Å². The number of aryl methyl sites for hydroxylation is 1. The predicted octanol–water partition coefficient (Wildman–Crippen LogP) is 4.31. The van der Waals surface area contributed by atoms with Crippen molar-refractivity contribution in [3.8, 4) is 0 Å². The SMILES string of the molecule is COCCN1CCCCCC(O)c2cc(C(=O)Nc3ccc(C)cc3)ccc21. The Morgan fingerprint density at radius 3 is 2.71 bits per heavy atom. The number of nitrogens with zero attached hydrogens (tertiary/aromatic N) is 1. The van der Waals surface area contributed by atoms with Crippen LogP contribution in [0, 0.1) is 6.92 Å². The molecule has 0 spiro atoms. The second-order valence-corrected chi connectivity index (χ2v) is 7.44. The Balaban J connectivity index is 1.87. The Morgan fingerprint density at radius 2 is 1.96 bits per heavy atom. The van der Waals surface area contributed by atoms with Gasteiger partial charge < -0.3 is 20.1 Å². The number of aliphatic hydroxyl groups is 1. The zero-order valence-electron chi connectivity index (χ0n) is 16.8. The van der Waals surface area contributed by atoms with Crippen molar-refractivity contribution in [2.75, 3.05) is 37.0 Å². The van der Waals surface area contributed by atoms with Crippen molar-refractivity contribution in [2.45, 2.75) is 38.7 Å². The van der Waals surface area contributed by atoms with E-state index in [2.05, 4.69) is 10.2 Å². The molecule has 2 N–H and O–H groups in total. The molecule has 1 aliphatic rings. The molecule has 0 bridgehead atoms. The van der Waals surface area contributed by atoms with Gasteiger partial charge in [-0.1, -0.05) is 30.5 Å². The number of benzene rings is 2. The van der Waals surface area contributed by atoms with E-state index in [1.165, 1.54) is 0 Å². The highest BCUT2D eigenvalue weighted by Crippen LogP contribution is 2.32. The summed E-state index contributed by atoms with van der Waals surface area (Å²) in [5.74, 6) is -0.165. The molecule has 28 heavy (non-hydrogen) atoms. The van der Waals surface area contributed by atoms with Crippen LogP contribution in [0.25, 0.3) is 0 Å². The average Bonchev–Trinajstić information content (AvgIpc) is 2.77. The number of hydrogen-bond acceptors (Lipinski definition) is 4. The van der Waals surface area contributed by atoms with Crippen LogP contribution in [-0.2, 0) is 4.74 Å². The fraction of sp³-hybridized carbons (Fsp3) is 0.435. The van der Waals surface area contributed by atoms with E-state index < -0.39 is 6.10 Å². The first kappa shape index (κ1) is 20.4. The lowest BCUT2D eigenvalue weighted by Gasteiger charge is -2.28. The molecule has 150 valence electrons. The quantitative estimate of drug-likeness (QED) is 0.809. The van der Waals surface area contributed by atoms with Crippen LogP contribution in [0.4, 0.5) is 11.4 Å². The maximum Gasteiger partial charge on any atom is 0.255 e. The van der Waals surface area contributed by atoms with E-state index in [4.69, 9.17) is 4.74 Å². The van der Waals surface area contributed by atoms with Gasteiger partial charge in [0.15, 0.2) is 0 Å². The average molecular weight is 383 g/mol. The Bertz CT molecular complexity index is 789. The number of carbonyl (C=O) groups is 1. The van der Waals surface area contributed by atoms with Crippen molar-refractivity contribution < 1.29 is 14.6 Å². The smallest absolute Gasteiger partial charge is 0.255 e. The van der Waals surface area contributed by atoms with Gasteiger partial charge in [-0.2, -0.15) is 0 Å². The lowest BCUT2D eigenvalue weighted by molar-refractivity contribution is 0.102. The molecule has 0 fully saturated rings. The minimum absolute atomic E-state index is 0.165. The molecule has 5 nitrogen and oxygen atoms in total. The van der Waals surface area contributed by atoms with Crippen LogP contribution < -0.4 is 10.2 Å². The van der Waals surface area contributed by atoms with Crippen molar-refractivity contribution in [2.24, 2.45) is 0 Å². The van der Waals surface area contributed by atoms with Crippen LogP contribution >= 0.6 is 0 Å². The van der Waals surface area contributed by atoms with Crippen LogP contribution in [-0.4, -0.2) is 37.8 Å². The van der Waals surface area contributed by atoms with Crippen LogP contribution in [0.15, 0.2) is 42.5 Å². The molecule has 2 aromatic rings. The Morgan fingerprint density at radius 1 is 1.18 bits per heavy atom. The molecule has 1 atom stereocenters. The molecule has 0 aliphatic carbocycles. The third-order valence-corrected chi connectivity index (χ3v) is 5.27. The predicted molar refractivity (Wildman–Crippen MR) is 113 cm³/mol. The number of methoxy groups -OCH3 is 1. The molecule has 0 saturated heterocycles. The summed E-state index contributed by atoms with van der Waals surface area (Å²) in [5.41, 5.74) is 4.30. The fourth-order valence-corrected chi connectivity index (χ4v) is 3.62. The van der Waals surface area contributed by atoms with Gasteiger partial charge in [0.25, 0.3) is 5.91 Å². The minimum atomic E-state index is -0.565. The number of anilines is 2. The highest BCUT2D eigenvalue weighted by molar-refractivity contribution is 6.04. The van der Waals surface area contributed by atoms with Gasteiger partial charge >= 0.3 is 0 Å². The molecule has 1 unspecified atom stereocenters. The van der Waals surface area contributed by atoms with Crippen LogP contribution in [0.3, 0.4) is 0 Å². The Labute approximate surface area is 167 Å². The topological polar surface area (TPSA) is 61.8 Å². The normalized spacial score (nSPS) is 17.2. The highest BCUT2D eigenvalue weighted by Gasteiger charge is 2.21. The van der Waals surface area contributed by atoms with Gasteiger partial charge in [0.2, 0.25) is 0 Å². The van der Waals surface area contributed by atoms with Gasteiger partial charge in [-0.15, -0.1) is 0 Å². The zero-order chi connectivity index (χ0) is 19.9. The highest BCUT2D eigenvalue weighted by atomic mass is 16.5. The molecule has 2 aromatic carbocycles. The van der Waals surface area contributed by atoms with E-state index in [9.17, 15) is 9.90 Å². The number of aliphatic hydroxyl groups excluding tert-OH is 1. The van der Waals surface area contributed by atoms with Gasteiger partial charge in [0.05, 0.1) is 12.7 Å². The van der Waals surface area contributed by atoms with E-state index in [-0.39, 0.29) is 5.91 Å².